The highest BCUT2D eigenvalue weighted by molar-refractivity contribution is 5.86. The normalized spacial score (nSPS) is 12.9. The van der Waals surface area contributed by atoms with Crippen LogP contribution in [0.2, 0.25) is 0 Å². The van der Waals surface area contributed by atoms with Crippen LogP contribution in [0.25, 0.3) is 0 Å². The van der Waals surface area contributed by atoms with Crippen molar-refractivity contribution in [2.24, 2.45) is 5.92 Å². The molecule has 0 aliphatic heterocycles. The minimum atomic E-state index is -1.07. The number of esters is 2. The lowest BCUT2D eigenvalue weighted by molar-refractivity contribution is -0.148. The molecule has 0 aromatic heterocycles. The lowest BCUT2D eigenvalue weighted by Crippen LogP contribution is -2.44. The van der Waals surface area contributed by atoms with Crippen molar-refractivity contribution in [2.75, 3.05) is 14.2 Å². The van der Waals surface area contributed by atoms with Gasteiger partial charge in [-0.3, -0.25) is 9.59 Å². The molecule has 1 aromatic carbocycles. The second-order valence-electron chi connectivity index (χ2n) is 5.23. The highest BCUT2D eigenvalue weighted by Gasteiger charge is 2.27. The maximum absolute atomic E-state index is 13.1. The predicted octanol–water partition coefficient (Wildman–Crippen LogP) is 1.36. The Kier molecular flexibility index (Phi) is 7.29. The fraction of sp³-hybridized carbons (Fsp3) is 0.438. The summed E-state index contributed by atoms with van der Waals surface area (Å²) in [7, 11) is 2.37. The van der Waals surface area contributed by atoms with Gasteiger partial charge >= 0.3 is 11.9 Å². The monoisotopic (exact) mass is 343 g/mol. The van der Waals surface area contributed by atoms with E-state index in [9.17, 15) is 23.2 Å². The molecule has 0 heterocycles. The third kappa shape index (κ3) is 5.60. The van der Waals surface area contributed by atoms with Gasteiger partial charge in [0.15, 0.2) is 11.6 Å². The Labute approximate surface area is 138 Å². The number of carbonyl (C=O) groups excluding carboxylic acids is 3. The number of benzene rings is 1. The number of carbonyl (C=O) groups is 3. The molecule has 0 bridgehead atoms. The van der Waals surface area contributed by atoms with E-state index in [-0.39, 0.29) is 18.4 Å². The number of rotatable bonds is 7. The Bertz CT molecular complexity index is 620. The van der Waals surface area contributed by atoms with E-state index in [1.54, 1.807) is 6.92 Å². The Hall–Kier alpha value is -2.51. The van der Waals surface area contributed by atoms with Crippen LogP contribution in [0, 0.1) is 17.6 Å². The summed E-state index contributed by atoms with van der Waals surface area (Å²) < 4.78 is 35.2. The first-order valence-electron chi connectivity index (χ1n) is 7.17. The van der Waals surface area contributed by atoms with Gasteiger partial charge in [-0.25, -0.2) is 13.6 Å². The summed E-state index contributed by atoms with van der Waals surface area (Å²) in [6.07, 6.45) is -0.264. The number of hydrogen-bond acceptors (Lipinski definition) is 5. The fourth-order valence-corrected chi connectivity index (χ4v) is 2.09. The van der Waals surface area contributed by atoms with Crippen LogP contribution < -0.4 is 5.32 Å². The molecule has 0 spiro atoms. The molecule has 1 amide bonds. The zero-order valence-electron chi connectivity index (χ0n) is 13.6. The molecule has 0 aliphatic carbocycles. The lowest BCUT2D eigenvalue weighted by Gasteiger charge is -2.19. The van der Waals surface area contributed by atoms with Gasteiger partial charge in [-0.15, -0.1) is 0 Å². The van der Waals surface area contributed by atoms with Crippen LogP contribution in [0.5, 0.6) is 0 Å². The largest absolute Gasteiger partial charge is 0.469 e. The molecule has 1 aromatic rings. The first kappa shape index (κ1) is 19.5. The van der Waals surface area contributed by atoms with E-state index in [2.05, 4.69) is 14.8 Å². The number of methoxy groups -OCH3 is 2. The molecule has 1 rings (SSSR count). The van der Waals surface area contributed by atoms with E-state index in [1.165, 1.54) is 13.2 Å². The van der Waals surface area contributed by atoms with Gasteiger partial charge in [-0.05, 0) is 24.1 Å². The van der Waals surface area contributed by atoms with Crippen molar-refractivity contribution >= 4 is 17.8 Å². The molecular weight excluding hydrogens is 324 g/mol. The van der Waals surface area contributed by atoms with Crippen molar-refractivity contribution in [3.63, 3.8) is 0 Å². The molecule has 0 saturated heterocycles. The molecule has 1 N–H and O–H groups in total. The van der Waals surface area contributed by atoms with Gasteiger partial charge in [-0.2, -0.15) is 0 Å². The van der Waals surface area contributed by atoms with Crippen molar-refractivity contribution in [1.29, 1.82) is 0 Å². The van der Waals surface area contributed by atoms with Gasteiger partial charge in [0, 0.05) is 0 Å². The first-order valence-corrected chi connectivity index (χ1v) is 7.17. The molecule has 0 radical (unpaired) electrons. The fourth-order valence-electron chi connectivity index (χ4n) is 2.09. The summed E-state index contributed by atoms with van der Waals surface area (Å²) in [5.74, 6) is -4.55. The van der Waals surface area contributed by atoms with Crippen LogP contribution >= 0.6 is 0 Å². The molecule has 8 heteroatoms. The summed E-state index contributed by atoms with van der Waals surface area (Å²) in [4.78, 5) is 35.2. The van der Waals surface area contributed by atoms with Crippen LogP contribution in [-0.4, -0.2) is 38.1 Å². The number of amides is 1. The van der Waals surface area contributed by atoms with Crippen molar-refractivity contribution in [3.8, 4) is 0 Å². The van der Waals surface area contributed by atoms with Crippen LogP contribution in [0.15, 0.2) is 18.2 Å². The second kappa shape index (κ2) is 8.95. The second-order valence-corrected chi connectivity index (χ2v) is 5.23. The highest BCUT2D eigenvalue weighted by Crippen LogP contribution is 2.12. The Morgan fingerprint density at radius 2 is 1.71 bits per heavy atom. The van der Waals surface area contributed by atoms with Gasteiger partial charge < -0.3 is 14.8 Å². The molecule has 0 unspecified atom stereocenters. The molecule has 0 fully saturated rings. The Morgan fingerprint density at radius 3 is 2.25 bits per heavy atom. The molecule has 0 aliphatic rings. The van der Waals surface area contributed by atoms with E-state index < -0.39 is 41.4 Å². The SMILES string of the molecule is COC(=O)[C@H](C[C@H](C)C(=O)OC)NC(=O)Cc1ccc(F)c(F)c1. The average Bonchev–Trinajstić information content (AvgIpc) is 2.55. The highest BCUT2D eigenvalue weighted by atomic mass is 19.2. The first-order chi connectivity index (χ1) is 11.3. The van der Waals surface area contributed by atoms with Crippen molar-refractivity contribution in [2.45, 2.75) is 25.8 Å². The smallest absolute Gasteiger partial charge is 0.328 e. The maximum Gasteiger partial charge on any atom is 0.328 e. The number of halogens is 2. The van der Waals surface area contributed by atoms with E-state index in [0.717, 1.165) is 19.2 Å². The summed E-state index contributed by atoms with van der Waals surface area (Å²) in [5.41, 5.74) is 0.246. The van der Waals surface area contributed by atoms with Gasteiger partial charge in [-0.1, -0.05) is 13.0 Å². The van der Waals surface area contributed by atoms with Crippen molar-refractivity contribution in [1.82, 2.24) is 5.32 Å². The molecule has 24 heavy (non-hydrogen) atoms. The maximum atomic E-state index is 13.1. The number of ether oxygens (including phenoxy) is 2. The van der Waals surface area contributed by atoms with Crippen LogP contribution in [-0.2, 0) is 30.3 Å². The van der Waals surface area contributed by atoms with Crippen LogP contribution in [0.4, 0.5) is 8.78 Å². The van der Waals surface area contributed by atoms with Crippen LogP contribution in [0.1, 0.15) is 18.9 Å². The topological polar surface area (TPSA) is 81.7 Å². The minimum Gasteiger partial charge on any atom is -0.469 e. The number of hydrogen-bond donors (Lipinski definition) is 1. The van der Waals surface area contributed by atoms with Crippen LogP contribution in [0.3, 0.4) is 0 Å². The predicted molar refractivity (Wildman–Crippen MR) is 79.8 cm³/mol. The molecule has 132 valence electrons. The van der Waals surface area contributed by atoms with Gasteiger partial charge in [0.1, 0.15) is 6.04 Å². The summed E-state index contributed by atoms with van der Waals surface area (Å²) in [6, 6.07) is 2.03. The summed E-state index contributed by atoms with van der Waals surface area (Å²) >= 11 is 0. The third-order valence-corrected chi connectivity index (χ3v) is 3.36. The average molecular weight is 343 g/mol. The molecular formula is C16H19F2NO5. The quantitative estimate of drug-likeness (QED) is 0.756. The van der Waals surface area contributed by atoms with E-state index >= 15 is 0 Å². The number of nitrogens with one attached hydrogen (secondary N) is 1. The molecule has 0 saturated carbocycles. The van der Waals surface area contributed by atoms with Gasteiger partial charge in [0.05, 0.1) is 26.6 Å². The zero-order chi connectivity index (χ0) is 18.3. The molecule has 6 nitrogen and oxygen atoms in total. The van der Waals surface area contributed by atoms with Crippen molar-refractivity contribution in [3.05, 3.63) is 35.4 Å². The lowest BCUT2D eigenvalue weighted by atomic mass is 10.0. The summed E-state index contributed by atoms with van der Waals surface area (Å²) in [5, 5.41) is 2.42. The van der Waals surface area contributed by atoms with Crippen molar-refractivity contribution < 1.29 is 32.6 Å². The third-order valence-electron chi connectivity index (χ3n) is 3.36. The van der Waals surface area contributed by atoms with Gasteiger partial charge in [0.25, 0.3) is 0 Å². The summed E-state index contributed by atoms with van der Waals surface area (Å²) in [6.45, 7) is 1.54. The van der Waals surface area contributed by atoms with Gasteiger partial charge in [0.2, 0.25) is 5.91 Å². The van der Waals surface area contributed by atoms with E-state index in [0.29, 0.717) is 0 Å². The Morgan fingerprint density at radius 1 is 1.08 bits per heavy atom. The minimum absolute atomic E-state index is 0.0110. The molecule has 2 atom stereocenters. The zero-order valence-corrected chi connectivity index (χ0v) is 13.6. The van der Waals surface area contributed by atoms with E-state index in [4.69, 9.17) is 0 Å². The standard InChI is InChI=1S/C16H19F2NO5/c1-9(15(21)23-2)6-13(16(22)24-3)19-14(20)8-10-4-5-11(17)12(18)7-10/h4-5,7,9,13H,6,8H2,1-3H3,(H,19,20)/t9-,13-/m0/s1. The van der Waals surface area contributed by atoms with E-state index in [1.807, 2.05) is 0 Å². The Balaban J connectivity index is 2.74.